The van der Waals surface area contributed by atoms with Crippen molar-refractivity contribution >= 4 is 17.9 Å². The van der Waals surface area contributed by atoms with Crippen LogP contribution in [0.15, 0.2) is 53.2 Å². The van der Waals surface area contributed by atoms with Gasteiger partial charge in [-0.3, -0.25) is 0 Å². The smallest absolute Gasteiger partial charge is 0.363 e. The van der Waals surface area contributed by atoms with Crippen molar-refractivity contribution in [3.05, 3.63) is 70.7 Å². The second-order valence-electron chi connectivity index (χ2n) is 6.38. The van der Waals surface area contributed by atoms with E-state index in [0.717, 1.165) is 22.4 Å². The molecule has 3 rings (SSSR count). The number of carbonyl (C=O) groups is 1. The summed E-state index contributed by atoms with van der Waals surface area (Å²) in [4.78, 5) is 16.4. The van der Waals surface area contributed by atoms with Gasteiger partial charge in [0.1, 0.15) is 11.6 Å². The van der Waals surface area contributed by atoms with Crippen LogP contribution in [0.2, 0.25) is 0 Å². The topological polar surface area (TPSA) is 47.9 Å². The summed E-state index contributed by atoms with van der Waals surface area (Å²) < 4.78 is 23.6. The van der Waals surface area contributed by atoms with Gasteiger partial charge in [0.2, 0.25) is 5.90 Å². The first-order valence-corrected chi connectivity index (χ1v) is 8.40. The standard InChI is InChI=1S/C21H20FNO3/c1-13(2)17-10-15(6-9-19(17)25-3)11-18-21(24)26-20(23-18)12-14-4-7-16(22)8-5-14/h4-11,13H,12H2,1-3H3/b18-11+. The molecule has 134 valence electrons. The molecule has 0 bridgehead atoms. The van der Waals surface area contributed by atoms with Crippen LogP contribution in [0.25, 0.3) is 6.08 Å². The number of methoxy groups -OCH3 is 1. The molecule has 4 nitrogen and oxygen atoms in total. The largest absolute Gasteiger partial charge is 0.496 e. The number of nitrogens with zero attached hydrogens (tertiary/aromatic N) is 1. The van der Waals surface area contributed by atoms with Gasteiger partial charge in [-0.15, -0.1) is 0 Å². The van der Waals surface area contributed by atoms with Gasteiger partial charge in [-0.05, 0) is 52.9 Å². The minimum absolute atomic E-state index is 0.252. The third-order valence-corrected chi connectivity index (χ3v) is 4.11. The van der Waals surface area contributed by atoms with E-state index < -0.39 is 5.97 Å². The van der Waals surface area contributed by atoms with Gasteiger partial charge in [-0.2, -0.15) is 0 Å². The monoisotopic (exact) mass is 353 g/mol. The van der Waals surface area contributed by atoms with E-state index in [1.165, 1.54) is 12.1 Å². The Balaban J connectivity index is 1.84. The van der Waals surface area contributed by atoms with Crippen LogP contribution < -0.4 is 4.74 Å². The lowest BCUT2D eigenvalue weighted by Gasteiger charge is -2.12. The summed E-state index contributed by atoms with van der Waals surface area (Å²) in [6, 6.07) is 11.8. The molecular weight excluding hydrogens is 333 g/mol. The maximum Gasteiger partial charge on any atom is 0.363 e. The molecule has 0 N–H and O–H groups in total. The van der Waals surface area contributed by atoms with Gasteiger partial charge in [-0.1, -0.05) is 32.0 Å². The minimum atomic E-state index is -0.482. The highest BCUT2D eigenvalue weighted by molar-refractivity contribution is 6.07. The number of cyclic esters (lactones) is 1. The Labute approximate surface area is 152 Å². The van der Waals surface area contributed by atoms with Crippen LogP contribution in [0.1, 0.15) is 36.5 Å². The van der Waals surface area contributed by atoms with E-state index >= 15 is 0 Å². The number of hydrogen-bond donors (Lipinski definition) is 0. The summed E-state index contributed by atoms with van der Waals surface area (Å²) in [6.45, 7) is 4.16. The average Bonchev–Trinajstić information content (AvgIpc) is 2.96. The first-order chi connectivity index (χ1) is 12.5. The first-order valence-electron chi connectivity index (χ1n) is 8.40. The molecule has 1 aliphatic heterocycles. The van der Waals surface area contributed by atoms with Crippen molar-refractivity contribution < 1.29 is 18.7 Å². The molecule has 0 aromatic heterocycles. The summed E-state index contributed by atoms with van der Waals surface area (Å²) in [5.41, 5.74) is 2.99. The normalized spacial score (nSPS) is 15.3. The Kier molecular flexibility index (Phi) is 5.16. The molecule has 0 fully saturated rings. The van der Waals surface area contributed by atoms with Gasteiger partial charge in [0, 0.05) is 6.42 Å². The SMILES string of the molecule is COc1ccc(/C=C2/N=C(Cc3ccc(F)cc3)OC2=O)cc1C(C)C. The molecule has 0 radical (unpaired) electrons. The Morgan fingerprint density at radius 1 is 1.19 bits per heavy atom. The number of halogens is 1. The van der Waals surface area contributed by atoms with Crippen molar-refractivity contribution in [2.45, 2.75) is 26.2 Å². The first kappa shape index (κ1) is 17.9. The predicted octanol–water partition coefficient (Wildman–Crippen LogP) is 4.50. The van der Waals surface area contributed by atoms with Gasteiger partial charge in [0.25, 0.3) is 0 Å². The fourth-order valence-corrected chi connectivity index (χ4v) is 2.76. The van der Waals surface area contributed by atoms with Gasteiger partial charge in [-0.25, -0.2) is 14.2 Å². The molecule has 0 atom stereocenters. The van der Waals surface area contributed by atoms with E-state index in [2.05, 4.69) is 18.8 Å². The highest BCUT2D eigenvalue weighted by Gasteiger charge is 2.23. The van der Waals surface area contributed by atoms with Crippen LogP contribution in [0.4, 0.5) is 4.39 Å². The Morgan fingerprint density at radius 2 is 1.92 bits per heavy atom. The van der Waals surface area contributed by atoms with Crippen LogP contribution in [0, 0.1) is 5.82 Å². The third-order valence-electron chi connectivity index (χ3n) is 4.11. The minimum Gasteiger partial charge on any atom is -0.496 e. The van der Waals surface area contributed by atoms with E-state index in [1.54, 1.807) is 25.3 Å². The van der Waals surface area contributed by atoms with Crippen molar-refractivity contribution in [1.29, 1.82) is 0 Å². The van der Waals surface area contributed by atoms with Gasteiger partial charge in [0.05, 0.1) is 7.11 Å². The Bertz CT molecular complexity index is 883. The molecule has 2 aromatic carbocycles. The molecular formula is C21H20FNO3. The number of rotatable bonds is 5. The fraction of sp³-hybridized carbons (Fsp3) is 0.238. The second kappa shape index (κ2) is 7.52. The highest BCUT2D eigenvalue weighted by Crippen LogP contribution is 2.28. The summed E-state index contributed by atoms with van der Waals surface area (Å²) in [5, 5.41) is 0. The summed E-state index contributed by atoms with van der Waals surface area (Å²) in [5.74, 6) is 0.627. The van der Waals surface area contributed by atoms with Gasteiger partial charge < -0.3 is 9.47 Å². The van der Waals surface area contributed by atoms with Crippen LogP contribution in [0.5, 0.6) is 5.75 Å². The van der Waals surface area contributed by atoms with E-state index in [9.17, 15) is 9.18 Å². The number of carbonyl (C=O) groups excluding carboxylic acids is 1. The maximum atomic E-state index is 13.0. The van der Waals surface area contributed by atoms with E-state index in [-0.39, 0.29) is 17.4 Å². The molecule has 1 aliphatic rings. The van der Waals surface area contributed by atoms with Crippen molar-refractivity contribution in [2.75, 3.05) is 7.11 Å². The van der Waals surface area contributed by atoms with E-state index in [0.29, 0.717) is 12.3 Å². The summed E-state index contributed by atoms with van der Waals surface area (Å²) in [6.07, 6.45) is 2.04. The molecule has 0 saturated heterocycles. The van der Waals surface area contributed by atoms with Crippen LogP contribution >= 0.6 is 0 Å². The van der Waals surface area contributed by atoms with Crippen molar-refractivity contribution in [3.63, 3.8) is 0 Å². The molecule has 0 saturated carbocycles. The molecule has 26 heavy (non-hydrogen) atoms. The number of aliphatic imine (C=N–C) groups is 1. The fourth-order valence-electron chi connectivity index (χ4n) is 2.76. The van der Waals surface area contributed by atoms with Crippen molar-refractivity contribution in [1.82, 2.24) is 0 Å². The van der Waals surface area contributed by atoms with E-state index in [4.69, 9.17) is 9.47 Å². The lowest BCUT2D eigenvalue weighted by Crippen LogP contribution is -2.06. The summed E-state index contributed by atoms with van der Waals surface area (Å²) in [7, 11) is 1.64. The highest BCUT2D eigenvalue weighted by atomic mass is 19.1. The number of ether oxygens (including phenoxy) is 2. The number of hydrogen-bond acceptors (Lipinski definition) is 4. The quantitative estimate of drug-likeness (QED) is 0.587. The zero-order valence-electron chi connectivity index (χ0n) is 15.0. The van der Waals surface area contributed by atoms with Crippen LogP contribution in [0.3, 0.4) is 0 Å². The molecule has 1 heterocycles. The van der Waals surface area contributed by atoms with Crippen LogP contribution in [-0.4, -0.2) is 19.0 Å². The Hall–Kier alpha value is -2.95. The molecule has 5 heteroatoms. The molecule has 0 unspecified atom stereocenters. The average molecular weight is 353 g/mol. The third kappa shape index (κ3) is 3.99. The van der Waals surface area contributed by atoms with Crippen molar-refractivity contribution in [3.8, 4) is 5.75 Å². The number of esters is 1. The second-order valence-corrected chi connectivity index (χ2v) is 6.38. The number of benzene rings is 2. The van der Waals surface area contributed by atoms with Crippen LogP contribution in [-0.2, 0) is 16.0 Å². The predicted molar refractivity (Wildman–Crippen MR) is 98.7 cm³/mol. The molecule has 0 spiro atoms. The lowest BCUT2D eigenvalue weighted by atomic mass is 9.99. The van der Waals surface area contributed by atoms with Crippen molar-refractivity contribution in [2.24, 2.45) is 4.99 Å². The maximum absolute atomic E-state index is 13.0. The molecule has 0 amide bonds. The summed E-state index contributed by atoms with van der Waals surface area (Å²) >= 11 is 0. The van der Waals surface area contributed by atoms with Gasteiger partial charge >= 0.3 is 5.97 Å². The molecule has 2 aromatic rings. The zero-order chi connectivity index (χ0) is 18.7. The zero-order valence-corrected chi connectivity index (χ0v) is 15.0. The lowest BCUT2D eigenvalue weighted by molar-refractivity contribution is -0.130. The Morgan fingerprint density at radius 3 is 2.58 bits per heavy atom. The van der Waals surface area contributed by atoms with E-state index in [1.807, 2.05) is 18.2 Å². The molecule has 0 aliphatic carbocycles. The van der Waals surface area contributed by atoms with Gasteiger partial charge in [0.15, 0.2) is 5.70 Å².